The molecule has 116 valence electrons. The third kappa shape index (κ3) is 3.38. The summed E-state index contributed by atoms with van der Waals surface area (Å²) in [5, 5.41) is 2.99. The number of rotatable bonds is 4. The number of benzene rings is 1. The van der Waals surface area contributed by atoms with Gasteiger partial charge in [0.05, 0.1) is 5.92 Å². The molecule has 0 saturated heterocycles. The van der Waals surface area contributed by atoms with E-state index < -0.39 is 0 Å². The summed E-state index contributed by atoms with van der Waals surface area (Å²) in [5.41, 5.74) is 7.19. The van der Waals surface area contributed by atoms with Crippen molar-refractivity contribution in [2.45, 2.75) is 31.7 Å². The lowest BCUT2D eigenvalue weighted by Crippen LogP contribution is -2.45. The Morgan fingerprint density at radius 3 is 2.52 bits per heavy atom. The van der Waals surface area contributed by atoms with Crippen molar-refractivity contribution in [2.75, 3.05) is 6.54 Å². The van der Waals surface area contributed by atoms with Crippen LogP contribution in [-0.2, 0) is 11.2 Å². The SMILES string of the molecule is Cl.NC1C2CCC(C2)C1C(=O)NCCc1ccc(F)cc1. The second-order valence-electron chi connectivity index (χ2n) is 6.10. The molecule has 4 unspecified atom stereocenters. The van der Waals surface area contributed by atoms with Crippen LogP contribution in [0.2, 0.25) is 0 Å². The molecule has 21 heavy (non-hydrogen) atoms. The first kappa shape index (κ1) is 16.2. The van der Waals surface area contributed by atoms with Crippen molar-refractivity contribution in [1.29, 1.82) is 0 Å². The van der Waals surface area contributed by atoms with Crippen molar-refractivity contribution in [3.05, 3.63) is 35.6 Å². The van der Waals surface area contributed by atoms with Crippen LogP contribution in [-0.4, -0.2) is 18.5 Å². The normalized spacial score (nSPS) is 30.0. The van der Waals surface area contributed by atoms with E-state index in [1.807, 2.05) is 0 Å². The summed E-state index contributed by atoms with van der Waals surface area (Å²) in [4.78, 5) is 12.2. The summed E-state index contributed by atoms with van der Waals surface area (Å²) in [6.45, 7) is 0.588. The van der Waals surface area contributed by atoms with Crippen LogP contribution in [0.1, 0.15) is 24.8 Å². The quantitative estimate of drug-likeness (QED) is 0.896. The Hall–Kier alpha value is -1.13. The summed E-state index contributed by atoms with van der Waals surface area (Å²) < 4.78 is 12.8. The minimum Gasteiger partial charge on any atom is -0.355 e. The summed E-state index contributed by atoms with van der Waals surface area (Å²) in [6, 6.07) is 6.45. The van der Waals surface area contributed by atoms with E-state index in [-0.39, 0.29) is 36.1 Å². The fourth-order valence-electron chi connectivity index (χ4n) is 3.82. The summed E-state index contributed by atoms with van der Waals surface area (Å²) in [6.07, 6.45) is 4.18. The Balaban J connectivity index is 0.00000161. The Labute approximate surface area is 130 Å². The van der Waals surface area contributed by atoms with E-state index >= 15 is 0 Å². The van der Waals surface area contributed by atoms with Crippen LogP contribution >= 0.6 is 12.4 Å². The first-order valence-corrected chi connectivity index (χ1v) is 7.43. The van der Waals surface area contributed by atoms with E-state index in [9.17, 15) is 9.18 Å². The highest BCUT2D eigenvalue weighted by Crippen LogP contribution is 2.47. The van der Waals surface area contributed by atoms with Gasteiger partial charge in [0, 0.05) is 12.6 Å². The van der Waals surface area contributed by atoms with E-state index in [1.165, 1.54) is 18.6 Å². The van der Waals surface area contributed by atoms with Crippen LogP contribution in [0, 0.1) is 23.6 Å². The van der Waals surface area contributed by atoms with Crippen molar-refractivity contribution in [1.82, 2.24) is 5.32 Å². The predicted octanol–water partition coefficient (Wildman–Crippen LogP) is 2.28. The Morgan fingerprint density at radius 1 is 1.24 bits per heavy atom. The zero-order valence-corrected chi connectivity index (χ0v) is 12.7. The molecule has 5 heteroatoms. The smallest absolute Gasteiger partial charge is 0.224 e. The van der Waals surface area contributed by atoms with Crippen molar-refractivity contribution in [3.8, 4) is 0 Å². The number of carbonyl (C=O) groups excluding carboxylic acids is 1. The van der Waals surface area contributed by atoms with Gasteiger partial charge in [-0.2, -0.15) is 0 Å². The molecule has 0 spiro atoms. The molecule has 2 aliphatic rings. The van der Waals surface area contributed by atoms with Crippen LogP contribution in [0.4, 0.5) is 4.39 Å². The van der Waals surface area contributed by atoms with E-state index in [0.29, 0.717) is 18.4 Å². The molecule has 0 aliphatic heterocycles. The van der Waals surface area contributed by atoms with Crippen molar-refractivity contribution >= 4 is 18.3 Å². The fraction of sp³-hybridized carbons (Fsp3) is 0.562. The molecule has 3 nitrogen and oxygen atoms in total. The van der Waals surface area contributed by atoms with Gasteiger partial charge in [0.1, 0.15) is 5.82 Å². The number of halogens is 2. The van der Waals surface area contributed by atoms with Crippen LogP contribution in [0.5, 0.6) is 0 Å². The largest absolute Gasteiger partial charge is 0.355 e. The van der Waals surface area contributed by atoms with Crippen molar-refractivity contribution in [3.63, 3.8) is 0 Å². The van der Waals surface area contributed by atoms with Gasteiger partial charge < -0.3 is 11.1 Å². The predicted molar refractivity (Wildman–Crippen MR) is 82.7 cm³/mol. The maximum Gasteiger partial charge on any atom is 0.224 e. The number of hydrogen-bond acceptors (Lipinski definition) is 2. The molecule has 2 saturated carbocycles. The topological polar surface area (TPSA) is 55.1 Å². The molecular weight excluding hydrogens is 291 g/mol. The van der Waals surface area contributed by atoms with Gasteiger partial charge >= 0.3 is 0 Å². The molecule has 1 aromatic carbocycles. The van der Waals surface area contributed by atoms with Crippen molar-refractivity contribution in [2.24, 2.45) is 23.5 Å². The minimum atomic E-state index is -0.231. The number of nitrogens with two attached hydrogens (primary N) is 1. The van der Waals surface area contributed by atoms with Gasteiger partial charge in [0.15, 0.2) is 0 Å². The maximum absolute atomic E-state index is 12.8. The number of fused-ring (bicyclic) bond motifs is 2. The molecule has 1 aromatic rings. The van der Waals surface area contributed by atoms with Crippen LogP contribution in [0.15, 0.2) is 24.3 Å². The van der Waals surface area contributed by atoms with Gasteiger partial charge in [-0.1, -0.05) is 12.1 Å². The summed E-state index contributed by atoms with van der Waals surface area (Å²) in [5.74, 6) is 0.910. The number of hydrogen-bond donors (Lipinski definition) is 2. The van der Waals surface area contributed by atoms with Crippen molar-refractivity contribution < 1.29 is 9.18 Å². The average molecular weight is 313 g/mol. The zero-order valence-electron chi connectivity index (χ0n) is 11.9. The summed E-state index contributed by atoms with van der Waals surface area (Å²) in [7, 11) is 0. The lowest BCUT2D eigenvalue weighted by Gasteiger charge is -2.27. The van der Waals surface area contributed by atoms with Gasteiger partial charge in [-0.3, -0.25) is 4.79 Å². The highest BCUT2D eigenvalue weighted by Gasteiger charge is 2.48. The average Bonchev–Trinajstić information content (AvgIpc) is 3.01. The zero-order chi connectivity index (χ0) is 14.1. The first-order valence-electron chi connectivity index (χ1n) is 7.43. The number of amides is 1. The summed E-state index contributed by atoms with van der Waals surface area (Å²) >= 11 is 0. The van der Waals surface area contributed by atoms with Gasteiger partial charge in [0.25, 0.3) is 0 Å². The number of nitrogens with one attached hydrogen (secondary N) is 1. The first-order chi connectivity index (χ1) is 9.65. The molecule has 4 atom stereocenters. The highest BCUT2D eigenvalue weighted by atomic mass is 35.5. The molecule has 1 amide bonds. The van der Waals surface area contributed by atoms with E-state index in [2.05, 4.69) is 5.32 Å². The molecular formula is C16H22ClFN2O. The third-order valence-corrected chi connectivity index (χ3v) is 4.91. The molecule has 0 heterocycles. The maximum atomic E-state index is 12.8. The Kier molecular flexibility index (Phi) is 5.22. The standard InChI is InChI=1S/C16H21FN2O.ClH/c17-13-5-1-10(2-6-13)7-8-19-16(20)14-11-3-4-12(9-11)15(14)18;/h1-2,5-6,11-12,14-15H,3-4,7-9,18H2,(H,19,20);1H. The minimum absolute atomic E-state index is 0. The highest BCUT2D eigenvalue weighted by molar-refractivity contribution is 5.85. The molecule has 0 radical (unpaired) electrons. The lowest BCUT2D eigenvalue weighted by molar-refractivity contribution is -0.127. The number of carbonyl (C=O) groups is 1. The fourth-order valence-corrected chi connectivity index (χ4v) is 3.82. The van der Waals surface area contributed by atoms with Crippen LogP contribution in [0.25, 0.3) is 0 Å². The van der Waals surface area contributed by atoms with Crippen LogP contribution < -0.4 is 11.1 Å². The van der Waals surface area contributed by atoms with E-state index in [0.717, 1.165) is 24.8 Å². The van der Waals surface area contributed by atoms with Gasteiger partial charge in [-0.15, -0.1) is 12.4 Å². The van der Waals surface area contributed by atoms with E-state index in [1.54, 1.807) is 12.1 Å². The monoisotopic (exact) mass is 312 g/mol. The second kappa shape index (κ2) is 6.75. The molecule has 3 rings (SSSR count). The van der Waals surface area contributed by atoms with Crippen LogP contribution in [0.3, 0.4) is 0 Å². The Bertz CT molecular complexity index is 492. The molecule has 3 N–H and O–H groups in total. The lowest BCUT2D eigenvalue weighted by atomic mass is 9.84. The molecule has 2 aliphatic carbocycles. The van der Waals surface area contributed by atoms with E-state index in [4.69, 9.17) is 5.73 Å². The van der Waals surface area contributed by atoms with Gasteiger partial charge in [0.2, 0.25) is 5.91 Å². The molecule has 0 aromatic heterocycles. The Morgan fingerprint density at radius 2 is 1.90 bits per heavy atom. The van der Waals surface area contributed by atoms with Gasteiger partial charge in [-0.25, -0.2) is 4.39 Å². The van der Waals surface area contributed by atoms with Gasteiger partial charge in [-0.05, 0) is 55.2 Å². The third-order valence-electron chi connectivity index (χ3n) is 4.91. The second-order valence-corrected chi connectivity index (χ2v) is 6.10. The molecule has 2 bridgehead atoms. The molecule has 2 fully saturated rings.